The summed E-state index contributed by atoms with van der Waals surface area (Å²) in [5, 5.41) is 1.19. The SMILES string of the molecule is CON(C)C(=O)c1cccc(CN2CCCCC2)n1. The van der Waals surface area contributed by atoms with Crippen molar-refractivity contribution in [2.45, 2.75) is 25.8 Å². The van der Waals surface area contributed by atoms with Gasteiger partial charge in [-0.25, -0.2) is 10.0 Å². The molecule has 0 aliphatic carbocycles. The van der Waals surface area contributed by atoms with Crippen molar-refractivity contribution in [2.24, 2.45) is 0 Å². The molecule has 0 N–H and O–H groups in total. The van der Waals surface area contributed by atoms with Gasteiger partial charge in [-0.05, 0) is 38.1 Å². The van der Waals surface area contributed by atoms with Gasteiger partial charge in [-0.1, -0.05) is 12.5 Å². The molecule has 0 saturated carbocycles. The maximum absolute atomic E-state index is 11.9. The molecular weight excluding hydrogens is 242 g/mol. The number of rotatable bonds is 4. The largest absolute Gasteiger partial charge is 0.298 e. The first-order valence-electron chi connectivity index (χ1n) is 6.71. The third-order valence-electron chi connectivity index (χ3n) is 3.42. The van der Waals surface area contributed by atoms with Crippen molar-refractivity contribution in [3.63, 3.8) is 0 Å². The summed E-state index contributed by atoms with van der Waals surface area (Å²) >= 11 is 0. The second-order valence-corrected chi connectivity index (χ2v) is 4.84. The van der Waals surface area contributed by atoms with Crippen molar-refractivity contribution in [3.05, 3.63) is 29.6 Å². The van der Waals surface area contributed by atoms with E-state index >= 15 is 0 Å². The van der Waals surface area contributed by atoms with Crippen LogP contribution in [0.25, 0.3) is 0 Å². The van der Waals surface area contributed by atoms with E-state index in [1.807, 2.05) is 12.1 Å². The number of hydrogen-bond acceptors (Lipinski definition) is 4. The Balaban J connectivity index is 2.04. The van der Waals surface area contributed by atoms with Crippen molar-refractivity contribution in [1.29, 1.82) is 0 Å². The van der Waals surface area contributed by atoms with Crippen LogP contribution < -0.4 is 0 Å². The Morgan fingerprint density at radius 3 is 2.79 bits per heavy atom. The second-order valence-electron chi connectivity index (χ2n) is 4.84. The molecule has 1 fully saturated rings. The van der Waals surface area contributed by atoms with Crippen molar-refractivity contribution in [1.82, 2.24) is 14.9 Å². The summed E-state index contributed by atoms with van der Waals surface area (Å²) in [7, 11) is 3.05. The molecule has 2 heterocycles. The number of hydroxylamine groups is 2. The van der Waals surface area contributed by atoms with Crippen LogP contribution in [0, 0.1) is 0 Å². The Hall–Kier alpha value is -1.46. The summed E-state index contributed by atoms with van der Waals surface area (Å²) in [4.78, 5) is 23.6. The smallest absolute Gasteiger partial charge is 0.295 e. The number of amides is 1. The van der Waals surface area contributed by atoms with Crippen molar-refractivity contribution >= 4 is 5.91 Å². The van der Waals surface area contributed by atoms with Crippen LogP contribution in [0.4, 0.5) is 0 Å². The minimum Gasteiger partial charge on any atom is -0.298 e. The zero-order valence-corrected chi connectivity index (χ0v) is 11.6. The number of carbonyl (C=O) groups is 1. The number of pyridine rings is 1. The normalized spacial score (nSPS) is 16.3. The molecule has 0 aromatic carbocycles. The molecule has 1 aromatic rings. The molecule has 5 heteroatoms. The molecule has 2 rings (SSSR count). The topological polar surface area (TPSA) is 45.7 Å². The summed E-state index contributed by atoms with van der Waals surface area (Å²) in [5.41, 5.74) is 1.37. The number of aromatic nitrogens is 1. The fraction of sp³-hybridized carbons (Fsp3) is 0.571. The average molecular weight is 263 g/mol. The minimum atomic E-state index is -0.219. The molecule has 0 radical (unpaired) electrons. The van der Waals surface area contributed by atoms with Gasteiger partial charge in [0, 0.05) is 13.6 Å². The predicted molar refractivity (Wildman–Crippen MR) is 72.5 cm³/mol. The van der Waals surface area contributed by atoms with Crippen LogP contribution in [0.5, 0.6) is 0 Å². The van der Waals surface area contributed by atoms with E-state index in [1.54, 1.807) is 13.1 Å². The van der Waals surface area contributed by atoms with E-state index in [0.29, 0.717) is 5.69 Å². The van der Waals surface area contributed by atoms with Gasteiger partial charge < -0.3 is 0 Å². The summed E-state index contributed by atoms with van der Waals surface area (Å²) in [6.07, 6.45) is 3.83. The Morgan fingerprint density at radius 2 is 2.11 bits per heavy atom. The highest BCUT2D eigenvalue weighted by molar-refractivity contribution is 5.91. The monoisotopic (exact) mass is 263 g/mol. The van der Waals surface area contributed by atoms with Gasteiger partial charge in [-0.2, -0.15) is 0 Å². The molecule has 1 aliphatic rings. The molecule has 5 nitrogen and oxygen atoms in total. The third kappa shape index (κ3) is 3.75. The van der Waals surface area contributed by atoms with Crippen LogP contribution in [0.3, 0.4) is 0 Å². The fourth-order valence-corrected chi connectivity index (χ4v) is 2.28. The van der Waals surface area contributed by atoms with Gasteiger partial charge in [0.15, 0.2) is 0 Å². The molecule has 1 aromatic heterocycles. The fourth-order valence-electron chi connectivity index (χ4n) is 2.28. The van der Waals surface area contributed by atoms with E-state index in [1.165, 1.54) is 31.4 Å². The first-order chi connectivity index (χ1) is 9.20. The van der Waals surface area contributed by atoms with Gasteiger partial charge >= 0.3 is 0 Å². The number of piperidine rings is 1. The summed E-state index contributed by atoms with van der Waals surface area (Å²) in [5.74, 6) is -0.219. The highest BCUT2D eigenvalue weighted by atomic mass is 16.7. The molecule has 0 atom stereocenters. The number of carbonyl (C=O) groups excluding carboxylic acids is 1. The van der Waals surface area contributed by atoms with Gasteiger partial charge in [0.25, 0.3) is 5.91 Å². The lowest BCUT2D eigenvalue weighted by Gasteiger charge is -2.26. The highest BCUT2D eigenvalue weighted by Crippen LogP contribution is 2.12. The van der Waals surface area contributed by atoms with E-state index in [0.717, 1.165) is 25.3 Å². The van der Waals surface area contributed by atoms with Crippen LogP contribution in [-0.4, -0.2) is 48.1 Å². The number of likely N-dealkylation sites (tertiary alicyclic amines) is 1. The lowest BCUT2D eigenvalue weighted by molar-refractivity contribution is -0.0760. The molecule has 1 aliphatic heterocycles. The Morgan fingerprint density at radius 1 is 1.37 bits per heavy atom. The van der Waals surface area contributed by atoms with E-state index in [-0.39, 0.29) is 5.91 Å². The highest BCUT2D eigenvalue weighted by Gasteiger charge is 2.15. The van der Waals surface area contributed by atoms with Crippen LogP contribution in [0.1, 0.15) is 35.4 Å². The van der Waals surface area contributed by atoms with Crippen LogP contribution in [0.15, 0.2) is 18.2 Å². The molecule has 0 unspecified atom stereocenters. The molecule has 0 spiro atoms. The summed E-state index contributed by atoms with van der Waals surface area (Å²) < 4.78 is 0. The van der Waals surface area contributed by atoms with Gasteiger partial charge in [0.2, 0.25) is 0 Å². The first kappa shape index (κ1) is 14.0. The van der Waals surface area contributed by atoms with Crippen molar-refractivity contribution < 1.29 is 9.63 Å². The number of nitrogens with zero attached hydrogens (tertiary/aromatic N) is 3. The van der Waals surface area contributed by atoms with Gasteiger partial charge in [0.05, 0.1) is 12.8 Å². The molecule has 104 valence electrons. The van der Waals surface area contributed by atoms with Gasteiger partial charge in [0.1, 0.15) is 5.69 Å². The maximum atomic E-state index is 11.9. The van der Waals surface area contributed by atoms with Crippen LogP contribution in [-0.2, 0) is 11.4 Å². The predicted octanol–water partition coefficient (Wildman–Crippen LogP) is 1.70. The average Bonchev–Trinajstić information content (AvgIpc) is 2.47. The minimum absolute atomic E-state index is 0.219. The van der Waals surface area contributed by atoms with E-state index in [9.17, 15) is 4.79 Å². The number of hydrogen-bond donors (Lipinski definition) is 0. The van der Waals surface area contributed by atoms with Gasteiger partial charge in [-0.3, -0.25) is 14.5 Å². The lowest BCUT2D eigenvalue weighted by atomic mass is 10.1. The zero-order chi connectivity index (χ0) is 13.7. The molecular formula is C14H21N3O2. The second kappa shape index (κ2) is 6.63. The van der Waals surface area contributed by atoms with E-state index in [2.05, 4.69) is 9.88 Å². The zero-order valence-electron chi connectivity index (χ0n) is 11.6. The Bertz CT molecular complexity index is 430. The third-order valence-corrected chi connectivity index (χ3v) is 3.42. The van der Waals surface area contributed by atoms with Crippen LogP contribution >= 0.6 is 0 Å². The Labute approximate surface area is 114 Å². The molecule has 1 amide bonds. The molecule has 0 bridgehead atoms. The van der Waals surface area contributed by atoms with Crippen molar-refractivity contribution in [3.8, 4) is 0 Å². The standard InChI is InChI=1S/C14H21N3O2/c1-16(19-2)14(18)13-8-6-7-12(15-13)11-17-9-4-3-5-10-17/h6-8H,3-5,9-11H2,1-2H3. The van der Waals surface area contributed by atoms with E-state index in [4.69, 9.17) is 4.84 Å². The lowest BCUT2D eigenvalue weighted by Crippen LogP contribution is -2.30. The van der Waals surface area contributed by atoms with Crippen LogP contribution in [0.2, 0.25) is 0 Å². The summed E-state index contributed by atoms with van der Waals surface area (Å²) in [6, 6.07) is 5.57. The molecule has 1 saturated heterocycles. The van der Waals surface area contributed by atoms with Gasteiger partial charge in [-0.15, -0.1) is 0 Å². The molecule has 19 heavy (non-hydrogen) atoms. The maximum Gasteiger partial charge on any atom is 0.295 e. The summed E-state index contributed by atoms with van der Waals surface area (Å²) in [6.45, 7) is 3.06. The first-order valence-corrected chi connectivity index (χ1v) is 6.71. The van der Waals surface area contributed by atoms with E-state index < -0.39 is 0 Å². The quantitative estimate of drug-likeness (QED) is 0.776. The van der Waals surface area contributed by atoms with Crippen molar-refractivity contribution in [2.75, 3.05) is 27.2 Å². The Kier molecular flexibility index (Phi) is 4.87.